The molecular weight excluding hydrogens is 188 g/mol. The standard InChI is InChI=1S/C13H20O2/c1-10(2)9-12-5-3-11(4-6-12)7-8-13(14)15/h3,5-6,10-11H,4,7-9H2,1-2H3,(H,14,15). The topological polar surface area (TPSA) is 37.3 Å². The third kappa shape index (κ3) is 4.82. The van der Waals surface area contributed by atoms with Crippen molar-refractivity contribution < 1.29 is 9.90 Å². The van der Waals surface area contributed by atoms with Crippen molar-refractivity contribution in [2.75, 3.05) is 0 Å². The minimum atomic E-state index is -0.694. The summed E-state index contributed by atoms with van der Waals surface area (Å²) in [7, 11) is 0. The Bertz CT molecular complexity index is 274. The van der Waals surface area contributed by atoms with Gasteiger partial charge in [-0.3, -0.25) is 4.79 Å². The highest BCUT2D eigenvalue weighted by atomic mass is 16.4. The van der Waals surface area contributed by atoms with Gasteiger partial charge in [-0.05, 0) is 31.1 Å². The number of allylic oxidation sites excluding steroid dienone is 4. The molecule has 15 heavy (non-hydrogen) atoms. The molecule has 0 bridgehead atoms. The normalized spacial score (nSPS) is 20.5. The number of hydrogen-bond acceptors (Lipinski definition) is 1. The predicted molar refractivity (Wildman–Crippen MR) is 61.7 cm³/mol. The molecule has 1 aliphatic carbocycles. The lowest BCUT2D eigenvalue weighted by atomic mass is 9.90. The molecule has 2 nitrogen and oxygen atoms in total. The lowest BCUT2D eigenvalue weighted by Crippen LogP contribution is -2.04. The van der Waals surface area contributed by atoms with E-state index in [9.17, 15) is 4.79 Å². The largest absolute Gasteiger partial charge is 0.481 e. The summed E-state index contributed by atoms with van der Waals surface area (Å²) >= 11 is 0. The molecule has 0 aliphatic heterocycles. The van der Waals surface area contributed by atoms with E-state index in [0.29, 0.717) is 11.8 Å². The second kappa shape index (κ2) is 5.74. The molecule has 1 N–H and O–H groups in total. The Kier molecular flexibility index (Phi) is 4.60. The van der Waals surface area contributed by atoms with Crippen LogP contribution in [0.3, 0.4) is 0 Å². The van der Waals surface area contributed by atoms with Crippen molar-refractivity contribution in [1.29, 1.82) is 0 Å². The van der Waals surface area contributed by atoms with Crippen molar-refractivity contribution in [1.82, 2.24) is 0 Å². The molecule has 0 heterocycles. The van der Waals surface area contributed by atoms with E-state index in [1.54, 1.807) is 0 Å². The fourth-order valence-corrected chi connectivity index (χ4v) is 1.85. The SMILES string of the molecule is CC(C)CC1=CCC(CCC(=O)O)C=C1. The van der Waals surface area contributed by atoms with Crippen molar-refractivity contribution in [3.05, 3.63) is 23.8 Å². The average Bonchev–Trinajstić information content (AvgIpc) is 2.16. The van der Waals surface area contributed by atoms with Gasteiger partial charge < -0.3 is 5.11 Å². The molecule has 0 aromatic rings. The number of hydrogen-bond donors (Lipinski definition) is 1. The smallest absolute Gasteiger partial charge is 0.303 e. The van der Waals surface area contributed by atoms with Crippen molar-refractivity contribution in [3.8, 4) is 0 Å². The zero-order valence-electron chi connectivity index (χ0n) is 9.57. The van der Waals surface area contributed by atoms with E-state index in [4.69, 9.17) is 5.11 Å². The predicted octanol–water partition coefficient (Wildman–Crippen LogP) is 3.40. The van der Waals surface area contributed by atoms with Crippen LogP contribution in [0.4, 0.5) is 0 Å². The molecule has 1 unspecified atom stereocenters. The zero-order chi connectivity index (χ0) is 11.3. The minimum Gasteiger partial charge on any atom is -0.481 e. The Morgan fingerprint density at radius 2 is 2.33 bits per heavy atom. The zero-order valence-corrected chi connectivity index (χ0v) is 9.57. The lowest BCUT2D eigenvalue weighted by Gasteiger charge is -2.16. The molecule has 0 spiro atoms. The van der Waals surface area contributed by atoms with Crippen LogP contribution in [0.1, 0.15) is 39.5 Å². The molecule has 0 amide bonds. The summed E-state index contributed by atoms with van der Waals surface area (Å²) in [6.45, 7) is 4.43. The molecule has 2 heteroatoms. The Hall–Kier alpha value is -1.05. The number of carboxylic acids is 1. The lowest BCUT2D eigenvalue weighted by molar-refractivity contribution is -0.137. The third-order valence-corrected chi connectivity index (χ3v) is 2.64. The minimum absolute atomic E-state index is 0.280. The van der Waals surface area contributed by atoms with E-state index >= 15 is 0 Å². The Balaban J connectivity index is 2.32. The van der Waals surface area contributed by atoms with Crippen LogP contribution in [0.5, 0.6) is 0 Å². The molecule has 0 aromatic carbocycles. The van der Waals surface area contributed by atoms with Crippen molar-refractivity contribution >= 4 is 5.97 Å². The van der Waals surface area contributed by atoms with Gasteiger partial charge >= 0.3 is 5.97 Å². The highest BCUT2D eigenvalue weighted by molar-refractivity contribution is 5.66. The molecule has 0 aromatic heterocycles. The number of aliphatic carboxylic acids is 1. The summed E-state index contributed by atoms with van der Waals surface area (Å²) in [5.74, 6) is 0.425. The second-order valence-electron chi connectivity index (χ2n) is 4.66. The van der Waals surface area contributed by atoms with Crippen molar-refractivity contribution in [2.45, 2.75) is 39.5 Å². The van der Waals surface area contributed by atoms with E-state index in [0.717, 1.165) is 19.3 Å². The summed E-state index contributed by atoms with van der Waals surface area (Å²) in [6, 6.07) is 0. The molecule has 0 saturated heterocycles. The van der Waals surface area contributed by atoms with Crippen molar-refractivity contribution in [2.24, 2.45) is 11.8 Å². The number of carboxylic acid groups (broad SMARTS) is 1. The van der Waals surface area contributed by atoms with Crippen molar-refractivity contribution in [3.63, 3.8) is 0 Å². The molecule has 1 atom stereocenters. The molecule has 0 radical (unpaired) electrons. The van der Waals surface area contributed by atoms with Gasteiger partial charge in [0.05, 0.1) is 0 Å². The Morgan fingerprint density at radius 3 is 2.80 bits per heavy atom. The molecule has 1 aliphatic rings. The molecule has 84 valence electrons. The van der Waals surface area contributed by atoms with E-state index in [1.807, 2.05) is 0 Å². The van der Waals surface area contributed by atoms with Crippen LogP contribution in [0.25, 0.3) is 0 Å². The van der Waals surface area contributed by atoms with Crippen LogP contribution < -0.4 is 0 Å². The third-order valence-electron chi connectivity index (χ3n) is 2.64. The molecular formula is C13H20O2. The van der Waals surface area contributed by atoms with Crippen LogP contribution in [0, 0.1) is 11.8 Å². The summed E-state index contributed by atoms with van der Waals surface area (Å²) in [4.78, 5) is 10.4. The maximum absolute atomic E-state index is 10.4. The van der Waals surface area contributed by atoms with Gasteiger partial charge in [-0.25, -0.2) is 0 Å². The average molecular weight is 208 g/mol. The van der Waals surface area contributed by atoms with Crippen LogP contribution >= 0.6 is 0 Å². The summed E-state index contributed by atoms with van der Waals surface area (Å²) in [5.41, 5.74) is 1.40. The van der Waals surface area contributed by atoms with Gasteiger partial charge in [0.25, 0.3) is 0 Å². The first kappa shape index (κ1) is 12.0. The van der Waals surface area contributed by atoms with Gasteiger partial charge in [0.15, 0.2) is 0 Å². The quantitative estimate of drug-likeness (QED) is 0.751. The number of rotatable bonds is 5. The molecule has 0 fully saturated rings. The fraction of sp³-hybridized carbons (Fsp3) is 0.615. The number of carbonyl (C=O) groups is 1. The first-order valence-electron chi connectivity index (χ1n) is 5.67. The second-order valence-corrected chi connectivity index (χ2v) is 4.66. The van der Waals surface area contributed by atoms with Crippen LogP contribution in [0.2, 0.25) is 0 Å². The van der Waals surface area contributed by atoms with Gasteiger partial charge in [-0.1, -0.05) is 37.6 Å². The van der Waals surface area contributed by atoms with Gasteiger partial charge in [-0.15, -0.1) is 0 Å². The van der Waals surface area contributed by atoms with E-state index < -0.39 is 5.97 Å². The Labute approximate surface area is 91.7 Å². The van der Waals surface area contributed by atoms with E-state index in [2.05, 4.69) is 32.1 Å². The van der Waals surface area contributed by atoms with Gasteiger partial charge in [0, 0.05) is 6.42 Å². The van der Waals surface area contributed by atoms with Gasteiger partial charge in [0.1, 0.15) is 0 Å². The van der Waals surface area contributed by atoms with Crippen LogP contribution in [-0.4, -0.2) is 11.1 Å². The van der Waals surface area contributed by atoms with Gasteiger partial charge in [-0.2, -0.15) is 0 Å². The summed E-state index contributed by atoms with van der Waals surface area (Å²) in [5, 5.41) is 8.58. The van der Waals surface area contributed by atoms with Crippen LogP contribution in [-0.2, 0) is 4.79 Å². The Morgan fingerprint density at radius 1 is 1.60 bits per heavy atom. The maximum atomic E-state index is 10.4. The highest BCUT2D eigenvalue weighted by Crippen LogP contribution is 2.24. The van der Waals surface area contributed by atoms with Gasteiger partial charge in [0.2, 0.25) is 0 Å². The summed E-state index contributed by atoms with van der Waals surface area (Å²) < 4.78 is 0. The first-order chi connectivity index (χ1) is 7.08. The first-order valence-corrected chi connectivity index (χ1v) is 5.67. The van der Waals surface area contributed by atoms with Crippen LogP contribution in [0.15, 0.2) is 23.8 Å². The fourth-order valence-electron chi connectivity index (χ4n) is 1.85. The van der Waals surface area contributed by atoms with E-state index in [-0.39, 0.29) is 6.42 Å². The molecule has 0 saturated carbocycles. The molecule has 1 rings (SSSR count). The monoisotopic (exact) mass is 208 g/mol. The van der Waals surface area contributed by atoms with E-state index in [1.165, 1.54) is 5.57 Å². The highest BCUT2D eigenvalue weighted by Gasteiger charge is 2.10. The maximum Gasteiger partial charge on any atom is 0.303 e. The summed E-state index contributed by atoms with van der Waals surface area (Å²) in [6.07, 6.45) is 9.76.